The van der Waals surface area contributed by atoms with E-state index < -0.39 is 18.0 Å². The average molecular weight is 239 g/mol. The zero-order valence-corrected chi connectivity index (χ0v) is 10.2. The second-order valence-corrected chi connectivity index (χ2v) is 3.74. The maximum atomic E-state index is 11.5. The van der Waals surface area contributed by atoms with Crippen LogP contribution in [0.4, 0.5) is 10.5 Å². The molecule has 7 heteroatoms. The van der Waals surface area contributed by atoms with E-state index >= 15 is 0 Å². The van der Waals surface area contributed by atoms with Gasteiger partial charge in [0.05, 0.1) is 11.4 Å². The number of nitrogens with zero attached hydrogens (tertiary/aromatic N) is 2. The number of primary amides is 1. The smallest absolute Gasteiger partial charge is 0.318 e. The van der Waals surface area contributed by atoms with Gasteiger partial charge in [0.1, 0.15) is 6.04 Å². The zero-order chi connectivity index (χ0) is 13.0. The maximum absolute atomic E-state index is 11.5. The number of amides is 3. The molecule has 0 aliphatic carbocycles. The fourth-order valence-electron chi connectivity index (χ4n) is 1.44. The molecule has 0 aromatic carbocycles. The van der Waals surface area contributed by atoms with Crippen LogP contribution in [-0.2, 0) is 18.3 Å². The molecule has 94 valence electrons. The van der Waals surface area contributed by atoms with E-state index in [9.17, 15) is 9.59 Å². The Hall–Kier alpha value is -2.05. The summed E-state index contributed by atoms with van der Waals surface area (Å²) in [6.07, 6.45) is 2.54. The van der Waals surface area contributed by atoms with Crippen molar-refractivity contribution in [1.29, 1.82) is 0 Å². The first kappa shape index (κ1) is 13.0. The molecular weight excluding hydrogens is 222 g/mol. The Bertz CT molecular complexity index is 426. The number of urea groups is 1. The first-order chi connectivity index (χ1) is 7.93. The van der Waals surface area contributed by atoms with Crippen molar-refractivity contribution in [3.05, 3.63) is 11.9 Å². The molecule has 0 aliphatic heterocycles. The van der Waals surface area contributed by atoms with Crippen molar-refractivity contribution in [2.45, 2.75) is 26.3 Å². The van der Waals surface area contributed by atoms with Gasteiger partial charge in [-0.2, -0.15) is 5.10 Å². The Morgan fingerprint density at radius 3 is 2.76 bits per heavy atom. The third kappa shape index (κ3) is 3.47. The van der Waals surface area contributed by atoms with Crippen molar-refractivity contribution in [1.82, 2.24) is 15.1 Å². The van der Waals surface area contributed by atoms with Gasteiger partial charge in [-0.15, -0.1) is 0 Å². The SMILES string of the molecule is CCc1nn(C)cc1NC(C)C(=O)NC(N)=O. The van der Waals surface area contributed by atoms with Gasteiger partial charge >= 0.3 is 6.03 Å². The number of nitrogens with two attached hydrogens (primary N) is 1. The largest absolute Gasteiger partial charge is 0.371 e. The number of rotatable bonds is 4. The van der Waals surface area contributed by atoms with Crippen molar-refractivity contribution < 1.29 is 9.59 Å². The fourth-order valence-corrected chi connectivity index (χ4v) is 1.44. The number of imide groups is 1. The average Bonchev–Trinajstić information content (AvgIpc) is 2.57. The summed E-state index contributed by atoms with van der Waals surface area (Å²) in [5.41, 5.74) is 6.52. The molecular formula is C10H17N5O2. The summed E-state index contributed by atoms with van der Waals surface area (Å²) >= 11 is 0. The fraction of sp³-hybridized carbons (Fsp3) is 0.500. The molecule has 0 spiro atoms. The molecule has 0 fully saturated rings. The summed E-state index contributed by atoms with van der Waals surface area (Å²) in [6, 6.07) is -1.41. The molecule has 0 bridgehead atoms. The van der Waals surface area contributed by atoms with Crippen molar-refractivity contribution >= 4 is 17.6 Å². The van der Waals surface area contributed by atoms with Gasteiger partial charge in [0.25, 0.3) is 0 Å². The Labute approximate surface area is 99.4 Å². The Morgan fingerprint density at radius 2 is 2.24 bits per heavy atom. The zero-order valence-electron chi connectivity index (χ0n) is 10.2. The molecule has 0 aliphatic rings. The lowest BCUT2D eigenvalue weighted by Crippen LogP contribution is -2.43. The van der Waals surface area contributed by atoms with Gasteiger partial charge in [-0.05, 0) is 13.3 Å². The molecule has 17 heavy (non-hydrogen) atoms. The lowest BCUT2D eigenvalue weighted by atomic mass is 10.2. The van der Waals surface area contributed by atoms with Crippen molar-refractivity contribution in [2.24, 2.45) is 12.8 Å². The molecule has 4 N–H and O–H groups in total. The summed E-state index contributed by atoms with van der Waals surface area (Å²) < 4.78 is 1.67. The predicted octanol–water partition coefficient (Wildman–Crippen LogP) is -0.0222. The highest BCUT2D eigenvalue weighted by Gasteiger charge is 2.16. The van der Waals surface area contributed by atoms with Crippen LogP contribution in [0.25, 0.3) is 0 Å². The highest BCUT2D eigenvalue weighted by atomic mass is 16.2. The second kappa shape index (κ2) is 5.33. The molecule has 1 unspecified atom stereocenters. The number of carbonyl (C=O) groups is 2. The number of carbonyl (C=O) groups excluding carboxylic acids is 2. The van der Waals surface area contributed by atoms with Gasteiger partial charge in [-0.1, -0.05) is 6.92 Å². The van der Waals surface area contributed by atoms with Crippen molar-refractivity contribution in [2.75, 3.05) is 5.32 Å². The third-order valence-corrected chi connectivity index (χ3v) is 2.25. The van der Waals surface area contributed by atoms with E-state index in [1.807, 2.05) is 12.2 Å². The summed E-state index contributed by atoms with van der Waals surface area (Å²) in [6.45, 7) is 3.62. The van der Waals surface area contributed by atoms with Crippen LogP contribution in [0.1, 0.15) is 19.5 Å². The second-order valence-electron chi connectivity index (χ2n) is 3.74. The third-order valence-electron chi connectivity index (χ3n) is 2.25. The molecule has 1 heterocycles. The summed E-state index contributed by atoms with van der Waals surface area (Å²) in [7, 11) is 1.80. The molecule has 0 radical (unpaired) electrons. The van der Waals surface area contributed by atoms with Gasteiger partial charge < -0.3 is 11.1 Å². The van der Waals surface area contributed by atoms with E-state index in [1.54, 1.807) is 24.9 Å². The number of aryl methyl sites for hydroxylation is 2. The molecule has 7 nitrogen and oxygen atoms in total. The lowest BCUT2D eigenvalue weighted by molar-refractivity contribution is -0.120. The molecule has 1 aromatic heterocycles. The van der Waals surface area contributed by atoms with Gasteiger partial charge in [-0.3, -0.25) is 14.8 Å². The lowest BCUT2D eigenvalue weighted by Gasteiger charge is -2.13. The molecule has 1 atom stereocenters. The monoisotopic (exact) mass is 239 g/mol. The number of hydrogen-bond acceptors (Lipinski definition) is 4. The maximum Gasteiger partial charge on any atom is 0.318 e. The van der Waals surface area contributed by atoms with Crippen LogP contribution in [0.15, 0.2) is 6.20 Å². The quantitative estimate of drug-likeness (QED) is 0.687. The van der Waals surface area contributed by atoms with Gasteiger partial charge in [0, 0.05) is 13.2 Å². The van der Waals surface area contributed by atoms with Crippen molar-refractivity contribution in [3.8, 4) is 0 Å². The highest BCUT2D eigenvalue weighted by molar-refractivity contribution is 5.97. The summed E-state index contributed by atoms with van der Waals surface area (Å²) in [5.74, 6) is -0.469. The van der Waals surface area contributed by atoms with E-state index in [0.717, 1.165) is 17.8 Å². The van der Waals surface area contributed by atoms with E-state index in [2.05, 4.69) is 10.4 Å². The standard InChI is InChI=1S/C10H17N5O2/c1-4-7-8(5-15(3)14-7)12-6(2)9(16)13-10(11)17/h5-6,12H,4H2,1-3H3,(H3,11,13,16,17). The topological polar surface area (TPSA) is 102 Å². The molecule has 0 saturated carbocycles. The Morgan fingerprint density at radius 1 is 1.59 bits per heavy atom. The highest BCUT2D eigenvalue weighted by Crippen LogP contribution is 2.14. The van der Waals surface area contributed by atoms with Crippen LogP contribution in [0.5, 0.6) is 0 Å². The summed E-state index contributed by atoms with van der Waals surface area (Å²) in [4.78, 5) is 22.0. The van der Waals surface area contributed by atoms with Crippen LogP contribution in [0.3, 0.4) is 0 Å². The van der Waals surface area contributed by atoms with Crippen LogP contribution in [-0.4, -0.2) is 27.8 Å². The predicted molar refractivity (Wildman–Crippen MR) is 63.4 cm³/mol. The van der Waals surface area contributed by atoms with Crippen LogP contribution >= 0.6 is 0 Å². The van der Waals surface area contributed by atoms with E-state index in [4.69, 9.17) is 5.73 Å². The molecule has 3 amide bonds. The van der Waals surface area contributed by atoms with E-state index in [-0.39, 0.29) is 0 Å². The Balaban J connectivity index is 2.70. The van der Waals surface area contributed by atoms with Gasteiger partial charge in [-0.25, -0.2) is 4.79 Å². The molecule has 1 rings (SSSR count). The van der Waals surface area contributed by atoms with Crippen molar-refractivity contribution in [3.63, 3.8) is 0 Å². The van der Waals surface area contributed by atoms with E-state index in [1.165, 1.54) is 0 Å². The number of anilines is 1. The molecule has 1 aromatic rings. The van der Waals surface area contributed by atoms with E-state index in [0.29, 0.717) is 0 Å². The van der Waals surface area contributed by atoms with Gasteiger partial charge in [0.15, 0.2) is 0 Å². The first-order valence-electron chi connectivity index (χ1n) is 5.33. The number of nitrogens with one attached hydrogen (secondary N) is 2. The van der Waals surface area contributed by atoms with Crippen LogP contribution in [0, 0.1) is 0 Å². The van der Waals surface area contributed by atoms with Crippen LogP contribution in [0.2, 0.25) is 0 Å². The minimum atomic E-state index is -0.856. The van der Waals surface area contributed by atoms with Gasteiger partial charge in [0.2, 0.25) is 5.91 Å². The number of aromatic nitrogens is 2. The Kier molecular flexibility index (Phi) is 4.08. The minimum Gasteiger partial charge on any atom is -0.371 e. The first-order valence-corrected chi connectivity index (χ1v) is 5.33. The normalized spacial score (nSPS) is 11.9. The minimum absolute atomic E-state index is 0.469. The summed E-state index contributed by atoms with van der Waals surface area (Å²) in [5, 5.41) is 9.23. The molecule has 0 saturated heterocycles. The number of hydrogen-bond donors (Lipinski definition) is 3. The van der Waals surface area contributed by atoms with Crippen LogP contribution < -0.4 is 16.4 Å².